The Hall–Kier alpha value is -2.99. The monoisotopic (exact) mass is 427 g/mol. The third-order valence-electron chi connectivity index (χ3n) is 3.75. The van der Waals surface area contributed by atoms with Gasteiger partial charge in [-0.05, 0) is 70.5 Å². The van der Waals surface area contributed by atoms with Gasteiger partial charge in [0.15, 0.2) is 12.4 Å². The highest BCUT2D eigenvalue weighted by atomic mass is 79.9. The van der Waals surface area contributed by atoms with Crippen LogP contribution in [0.4, 0.5) is 10.1 Å². The zero-order chi connectivity index (χ0) is 19.2. The van der Waals surface area contributed by atoms with Crippen molar-refractivity contribution in [1.29, 1.82) is 0 Å². The van der Waals surface area contributed by atoms with Crippen molar-refractivity contribution in [2.24, 2.45) is 0 Å². The number of rotatable bonds is 6. The van der Waals surface area contributed by atoms with Crippen molar-refractivity contribution >= 4 is 33.3 Å². The normalized spacial score (nSPS) is 10.3. The summed E-state index contributed by atoms with van der Waals surface area (Å²) in [5.74, 6) is -0.462. The minimum absolute atomic E-state index is 0.181. The van der Waals surface area contributed by atoms with Crippen molar-refractivity contribution < 1.29 is 18.7 Å². The van der Waals surface area contributed by atoms with Crippen LogP contribution in [0.1, 0.15) is 20.7 Å². The van der Waals surface area contributed by atoms with Gasteiger partial charge < -0.3 is 10.1 Å². The van der Waals surface area contributed by atoms with E-state index in [-0.39, 0.29) is 18.3 Å². The number of hydrogen-bond acceptors (Lipinski definition) is 3. The maximum absolute atomic E-state index is 13.1. The maximum atomic E-state index is 13.1. The van der Waals surface area contributed by atoms with Crippen molar-refractivity contribution in [3.8, 4) is 5.75 Å². The Morgan fingerprint density at radius 3 is 2.30 bits per heavy atom. The number of nitrogens with one attached hydrogen (secondary N) is 1. The fourth-order valence-corrected chi connectivity index (χ4v) is 2.82. The number of benzene rings is 3. The molecule has 0 unspecified atom stereocenters. The predicted molar refractivity (Wildman–Crippen MR) is 105 cm³/mol. The van der Waals surface area contributed by atoms with E-state index in [2.05, 4.69) is 21.2 Å². The number of ether oxygens (including phenoxy) is 1. The minimum atomic E-state index is -0.395. The first kappa shape index (κ1) is 18.8. The quantitative estimate of drug-likeness (QED) is 0.556. The molecule has 3 aromatic rings. The number of anilines is 1. The first-order chi connectivity index (χ1) is 13.0. The molecule has 0 heterocycles. The van der Waals surface area contributed by atoms with E-state index >= 15 is 0 Å². The molecular formula is C21H15BrFNO3. The van der Waals surface area contributed by atoms with Crippen LogP contribution in [-0.4, -0.2) is 18.3 Å². The van der Waals surface area contributed by atoms with E-state index in [1.54, 1.807) is 48.5 Å². The lowest BCUT2D eigenvalue weighted by Gasteiger charge is -2.09. The molecule has 0 atom stereocenters. The molecule has 136 valence electrons. The van der Waals surface area contributed by atoms with Gasteiger partial charge in [-0.25, -0.2) is 4.39 Å². The number of halogens is 2. The fourth-order valence-electron chi connectivity index (χ4n) is 2.35. The van der Waals surface area contributed by atoms with Crippen LogP contribution in [0.25, 0.3) is 0 Å². The number of ketones is 1. The van der Waals surface area contributed by atoms with Gasteiger partial charge in [-0.15, -0.1) is 0 Å². The molecule has 0 aliphatic heterocycles. The molecular weight excluding hydrogens is 413 g/mol. The molecule has 0 aliphatic carbocycles. The summed E-state index contributed by atoms with van der Waals surface area (Å²) in [6.07, 6.45) is 0. The smallest absolute Gasteiger partial charge is 0.255 e. The molecule has 0 saturated heterocycles. The number of hydrogen-bond donors (Lipinski definition) is 1. The molecule has 0 aromatic heterocycles. The van der Waals surface area contributed by atoms with Crippen LogP contribution >= 0.6 is 15.9 Å². The average molecular weight is 428 g/mol. The van der Waals surface area contributed by atoms with Gasteiger partial charge in [0.05, 0.1) is 4.47 Å². The second-order valence-electron chi connectivity index (χ2n) is 5.68. The zero-order valence-electron chi connectivity index (χ0n) is 14.1. The highest BCUT2D eigenvalue weighted by Crippen LogP contribution is 2.25. The number of Topliss-reactive ketones (excluding diaryl/α,β-unsaturated/α-hetero) is 1. The Kier molecular flexibility index (Phi) is 5.98. The van der Waals surface area contributed by atoms with E-state index in [0.29, 0.717) is 27.0 Å². The van der Waals surface area contributed by atoms with Crippen molar-refractivity contribution in [2.45, 2.75) is 0 Å². The first-order valence-corrected chi connectivity index (χ1v) is 8.90. The Balaban J connectivity index is 1.59. The number of carbonyl (C=O) groups excluding carboxylic acids is 2. The molecule has 0 fully saturated rings. The highest BCUT2D eigenvalue weighted by molar-refractivity contribution is 9.10. The highest BCUT2D eigenvalue weighted by Gasteiger charge is 2.10. The zero-order valence-corrected chi connectivity index (χ0v) is 15.7. The summed E-state index contributed by atoms with van der Waals surface area (Å²) in [6, 6.07) is 19.4. The van der Waals surface area contributed by atoms with Gasteiger partial charge in [0.1, 0.15) is 11.6 Å². The molecule has 1 amide bonds. The second-order valence-corrected chi connectivity index (χ2v) is 6.54. The van der Waals surface area contributed by atoms with Crippen LogP contribution in [0.15, 0.2) is 77.3 Å². The van der Waals surface area contributed by atoms with Crippen LogP contribution in [0.3, 0.4) is 0 Å². The van der Waals surface area contributed by atoms with E-state index in [0.717, 1.165) is 0 Å². The van der Waals surface area contributed by atoms with Crippen molar-refractivity contribution in [3.05, 3.63) is 94.2 Å². The molecule has 4 nitrogen and oxygen atoms in total. The maximum Gasteiger partial charge on any atom is 0.255 e. The summed E-state index contributed by atoms with van der Waals surface area (Å²) in [7, 11) is 0. The van der Waals surface area contributed by atoms with Gasteiger partial charge in [-0.3, -0.25) is 9.59 Å². The van der Waals surface area contributed by atoms with Gasteiger partial charge in [-0.2, -0.15) is 0 Å². The summed E-state index contributed by atoms with van der Waals surface area (Å²) < 4.78 is 18.9. The van der Waals surface area contributed by atoms with E-state index in [1.165, 1.54) is 18.2 Å². The summed E-state index contributed by atoms with van der Waals surface area (Å²) in [5.41, 5.74) is 1.59. The molecule has 3 rings (SSSR count). The van der Waals surface area contributed by atoms with Crippen molar-refractivity contribution in [2.75, 3.05) is 11.9 Å². The lowest BCUT2D eigenvalue weighted by atomic mass is 10.1. The number of carbonyl (C=O) groups is 2. The van der Waals surface area contributed by atoms with E-state index < -0.39 is 5.82 Å². The molecule has 0 bridgehead atoms. The van der Waals surface area contributed by atoms with Gasteiger partial charge in [0.25, 0.3) is 5.91 Å². The van der Waals surface area contributed by atoms with Gasteiger partial charge in [0, 0.05) is 16.8 Å². The standard InChI is InChI=1S/C21H15BrFNO3/c22-18-12-16(23)8-11-20(18)27-13-19(25)14-6-9-17(10-7-14)24-21(26)15-4-2-1-3-5-15/h1-12H,13H2,(H,24,26). The van der Waals surface area contributed by atoms with E-state index in [4.69, 9.17) is 4.74 Å². The van der Waals surface area contributed by atoms with Crippen molar-refractivity contribution in [3.63, 3.8) is 0 Å². The van der Waals surface area contributed by atoms with Crippen molar-refractivity contribution in [1.82, 2.24) is 0 Å². The molecule has 0 spiro atoms. The topological polar surface area (TPSA) is 55.4 Å². The Morgan fingerprint density at radius 2 is 1.63 bits per heavy atom. The summed E-state index contributed by atoms with van der Waals surface area (Å²) in [4.78, 5) is 24.4. The van der Waals surface area contributed by atoms with Gasteiger partial charge in [-0.1, -0.05) is 18.2 Å². The van der Waals surface area contributed by atoms with Gasteiger partial charge in [0.2, 0.25) is 0 Å². The largest absolute Gasteiger partial charge is 0.484 e. The third-order valence-corrected chi connectivity index (χ3v) is 4.37. The fraction of sp³-hybridized carbons (Fsp3) is 0.0476. The van der Waals surface area contributed by atoms with E-state index in [1.807, 2.05) is 6.07 Å². The predicted octanol–water partition coefficient (Wildman–Crippen LogP) is 5.10. The van der Waals surface area contributed by atoms with Crippen LogP contribution in [-0.2, 0) is 0 Å². The molecule has 0 aliphatic rings. The van der Waals surface area contributed by atoms with Gasteiger partial charge >= 0.3 is 0 Å². The van der Waals surface area contributed by atoms with Crippen LogP contribution in [0.2, 0.25) is 0 Å². The van der Waals surface area contributed by atoms with Crippen LogP contribution < -0.4 is 10.1 Å². The Labute approximate surface area is 164 Å². The molecule has 6 heteroatoms. The van der Waals surface area contributed by atoms with Crippen LogP contribution in [0.5, 0.6) is 5.75 Å². The first-order valence-electron chi connectivity index (χ1n) is 8.10. The average Bonchev–Trinajstić information content (AvgIpc) is 2.68. The van der Waals surface area contributed by atoms with E-state index in [9.17, 15) is 14.0 Å². The lowest BCUT2D eigenvalue weighted by Crippen LogP contribution is -2.13. The SMILES string of the molecule is O=C(COc1ccc(F)cc1Br)c1ccc(NC(=O)c2ccccc2)cc1. The molecule has 3 aromatic carbocycles. The molecule has 0 radical (unpaired) electrons. The molecule has 27 heavy (non-hydrogen) atoms. The molecule has 0 saturated carbocycles. The second kappa shape index (κ2) is 8.60. The molecule has 1 N–H and O–H groups in total. The summed E-state index contributed by atoms with van der Waals surface area (Å²) >= 11 is 3.19. The third kappa shape index (κ3) is 5.01. The van der Waals surface area contributed by atoms with Crippen LogP contribution in [0, 0.1) is 5.82 Å². The Morgan fingerprint density at radius 1 is 0.926 bits per heavy atom. The Bertz CT molecular complexity index is 959. The number of amides is 1. The lowest BCUT2D eigenvalue weighted by molar-refractivity contribution is 0.0920. The summed E-state index contributed by atoms with van der Waals surface area (Å²) in [5, 5.41) is 2.77. The summed E-state index contributed by atoms with van der Waals surface area (Å²) in [6.45, 7) is -0.181. The minimum Gasteiger partial charge on any atom is -0.484 e.